The van der Waals surface area contributed by atoms with Crippen LogP contribution in [0.3, 0.4) is 0 Å². The average Bonchev–Trinajstić information content (AvgIpc) is 2.40. The first-order valence-electron chi connectivity index (χ1n) is 5.94. The molecule has 0 atom stereocenters. The molecule has 0 aromatic heterocycles. The van der Waals surface area contributed by atoms with Gasteiger partial charge >= 0.3 is 6.03 Å². The topological polar surface area (TPSA) is 53.2 Å². The molecule has 0 unspecified atom stereocenters. The third-order valence-corrected chi connectivity index (χ3v) is 2.66. The maximum Gasteiger partial charge on any atom is 0.319 e. The molecule has 0 saturated heterocycles. The molecular formula is C14H17N3O. The number of hydrogen-bond donors (Lipinski definition) is 3. The number of dihydropyridines is 1. The summed E-state index contributed by atoms with van der Waals surface area (Å²) < 4.78 is 0. The van der Waals surface area contributed by atoms with Crippen molar-refractivity contribution in [1.29, 1.82) is 0 Å². The van der Waals surface area contributed by atoms with Crippen molar-refractivity contribution in [2.75, 3.05) is 18.4 Å². The molecule has 94 valence electrons. The second-order valence-electron chi connectivity index (χ2n) is 4.19. The molecule has 2 rings (SSSR count). The summed E-state index contributed by atoms with van der Waals surface area (Å²) in [6.45, 7) is 3.36. The lowest BCUT2D eigenvalue weighted by Gasteiger charge is -2.11. The molecule has 0 spiro atoms. The molecule has 0 aliphatic carbocycles. The van der Waals surface area contributed by atoms with E-state index in [1.165, 1.54) is 5.56 Å². The van der Waals surface area contributed by atoms with Crippen LogP contribution in [0, 0.1) is 6.92 Å². The highest BCUT2D eigenvalue weighted by molar-refractivity contribution is 5.89. The Morgan fingerprint density at radius 3 is 2.78 bits per heavy atom. The third-order valence-electron chi connectivity index (χ3n) is 2.66. The van der Waals surface area contributed by atoms with Crippen molar-refractivity contribution in [3.05, 3.63) is 53.8 Å². The number of amides is 2. The smallest absolute Gasteiger partial charge is 0.319 e. The molecule has 1 aliphatic heterocycles. The van der Waals surface area contributed by atoms with E-state index in [0.717, 1.165) is 17.8 Å². The van der Waals surface area contributed by atoms with E-state index in [4.69, 9.17) is 0 Å². The molecule has 1 aliphatic rings. The fourth-order valence-electron chi connectivity index (χ4n) is 1.62. The number of urea groups is 1. The predicted molar refractivity (Wildman–Crippen MR) is 73.4 cm³/mol. The lowest BCUT2D eigenvalue weighted by atomic mass is 10.2. The van der Waals surface area contributed by atoms with E-state index in [1.807, 2.05) is 49.5 Å². The van der Waals surface area contributed by atoms with Crippen LogP contribution < -0.4 is 16.0 Å². The SMILES string of the molecule is Cc1ccc(NC(=O)NCC2=CCNC=C2)cc1. The number of carbonyl (C=O) groups is 1. The Hall–Kier alpha value is -2.23. The van der Waals surface area contributed by atoms with E-state index >= 15 is 0 Å². The second kappa shape index (κ2) is 5.91. The number of anilines is 1. The van der Waals surface area contributed by atoms with Crippen molar-refractivity contribution in [3.63, 3.8) is 0 Å². The second-order valence-corrected chi connectivity index (χ2v) is 4.19. The zero-order valence-corrected chi connectivity index (χ0v) is 10.4. The van der Waals surface area contributed by atoms with Gasteiger partial charge in [0.2, 0.25) is 0 Å². The van der Waals surface area contributed by atoms with E-state index in [2.05, 4.69) is 16.0 Å². The van der Waals surface area contributed by atoms with Crippen LogP contribution >= 0.6 is 0 Å². The van der Waals surface area contributed by atoms with Crippen molar-refractivity contribution in [2.45, 2.75) is 6.92 Å². The standard InChI is InChI=1S/C14H17N3O/c1-11-2-4-13(5-3-11)17-14(18)16-10-12-6-8-15-9-7-12/h2-8,15H,9-10H2,1H3,(H2,16,17,18). The first kappa shape index (κ1) is 12.2. The van der Waals surface area contributed by atoms with Crippen molar-refractivity contribution in [2.24, 2.45) is 0 Å². The molecule has 1 aromatic carbocycles. The van der Waals surface area contributed by atoms with Crippen LogP contribution in [0.1, 0.15) is 5.56 Å². The van der Waals surface area contributed by atoms with Gasteiger partial charge in [-0.1, -0.05) is 23.8 Å². The highest BCUT2D eigenvalue weighted by atomic mass is 16.2. The first-order valence-corrected chi connectivity index (χ1v) is 5.94. The molecule has 0 fully saturated rings. The van der Waals surface area contributed by atoms with E-state index < -0.39 is 0 Å². The third kappa shape index (κ3) is 3.66. The largest absolute Gasteiger partial charge is 0.387 e. The maximum atomic E-state index is 11.7. The van der Waals surface area contributed by atoms with E-state index in [9.17, 15) is 4.79 Å². The van der Waals surface area contributed by atoms with Gasteiger partial charge in [0.05, 0.1) is 0 Å². The molecule has 4 heteroatoms. The van der Waals surface area contributed by atoms with Gasteiger partial charge in [-0.15, -0.1) is 0 Å². The highest BCUT2D eigenvalue weighted by Gasteiger charge is 2.02. The summed E-state index contributed by atoms with van der Waals surface area (Å²) in [4.78, 5) is 11.7. The van der Waals surface area contributed by atoms with Crippen LogP contribution in [-0.4, -0.2) is 19.1 Å². The quantitative estimate of drug-likeness (QED) is 0.762. The molecule has 18 heavy (non-hydrogen) atoms. The number of carbonyl (C=O) groups excluding carboxylic acids is 1. The zero-order chi connectivity index (χ0) is 12.8. The number of hydrogen-bond acceptors (Lipinski definition) is 2. The minimum absolute atomic E-state index is 0.188. The summed E-state index contributed by atoms with van der Waals surface area (Å²) in [6, 6.07) is 7.52. The lowest BCUT2D eigenvalue weighted by Crippen LogP contribution is -2.30. The predicted octanol–water partition coefficient (Wildman–Crippen LogP) is 2.16. The Balaban J connectivity index is 1.80. The molecule has 4 nitrogen and oxygen atoms in total. The molecule has 1 aromatic rings. The van der Waals surface area contributed by atoms with Crippen molar-refractivity contribution in [3.8, 4) is 0 Å². The number of rotatable bonds is 3. The number of aryl methyl sites for hydroxylation is 1. The van der Waals surface area contributed by atoms with Crippen molar-refractivity contribution >= 4 is 11.7 Å². The van der Waals surface area contributed by atoms with Gasteiger partial charge in [-0.3, -0.25) is 0 Å². The summed E-state index contributed by atoms with van der Waals surface area (Å²) in [6.07, 6.45) is 5.89. The molecule has 1 heterocycles. The molecule has 3 N–H and O–H groups in total. The normalized spacial score (nSPS) is 13.5. The van der Waals surface area contributed by atoms with E-state index in [0.29, 0.717) is 6.54 Å². The Morgan fingerprint density at radius 1 is 1.33 bits per heavy atom. The first-order chi connectivity index (χ1) is 8.74. The molecular weight excluding hydrogens is 226 g/mol. The molecule has 2 amide bonds. The van der Waals surface area contributed by atoms with Crippen LogP contribution in [0.4, 0.5) is 10.5 Å². The van der Waals surface area contributed by atoms with Gasteiger partial charge in [-0.25, -0.2) is 4.79 Å². The fraction of sp³-hybridized carbons (Fsp3) is 0.214. The van der Waals surface area contributed by atoms with Crippen molar-refractivity contribution < 1.29 is 4.79 Å². The Labute approximate surface area is 107 Å². The van der Waals surface area contributed by atoms with Crippen LogP contribution in [0.2, 0.25) is 0 Å². The number of benzene rings is 1. The van der Waals surface area contributed by atoms with Gasteiger partial charge in [0.1, 0.15) is 0 Å². The van der Waals surface area contributed by atoms with Gasteiger partial charge in [0, 0.05) is 18.8 Å². The maximum absolute atomic E-state index is 11.7. The number of nitrogens with one attached hydrogen (secondary N) is 3. The van der Waals surface area contributed by atoms with Crippen LogP contribution in [-0.2, 0) is 0 Å². The fourth-order valence-corrected chi connectivity index (χ4v) is 1.62. The average molecular weight is 243 g/mol. The molecule has 0 radical (unpaired) electrons. The van der Waals surface area contributed by atoms with Gasteiger partial charge < -0.3 is 16.0 Å². The Bertz CT molecular complexity index is 474. The Morgan fingerprint density at radius 2 is 2.11 bits per heavy atom. The highest BCUT2D eigenvalue weighted by Crippen LogP contribution is 2.08. The monoisotopic (exact) mass is 243 g/mol. The minimum atomic E-state index is -0.188. The minimum Gasteiger partial charge on any atom is -0.387 e. The summed E-state index contributed by atoms with van der Waals surface area (Å²) in [5.41, 5.74) is 3.08. The van der Waals surface area contributed by atoms with Crippen LogP contribution in [0.5, 0.6) is 0 Å². The summed E-state index contributed by atoms with van der Waals surface area (Å²) in [5, 5.41) is 8.67. The van der Waals surface area contributed by atoms with E-state index in [1.54, 1.807) is 0 Å². The van der Waals surface area contributed by atoms with Crippen LogP contribution in [0.15, 0.2) is 48.2 Å². The van der Waals surface area contributed by atoms with Gasteiger partial charge in [-0.2, -0.15) is 0 Å². The van der Waals surface area contributed by atoms with E-state index in [-0.39, 0.29) is 6.03 Å². The summed E-state index contributed by atoms with van der Waals surface area (Å²) in [7, 11) is 0. The van der Waals surface area contributed by atoms with Crippen LogP contribution in [0.25, 0.3) is 0 Å². The van der Waals surface area contributed by atoms with Gasteiger partial charge in [0.25, 0.3) is 0 Å². The summed E-state index contributed by atoms with van der Waals surface area (Å²) >= 11 is 0. The molecule has 0 bridgehead atoms. The van der Waals surface area contributed by atoms with Gasteiger partial charge in [-0.05, 0) is 36.9 Å². The van der Waals surface area contributed by atoms with Gasteiger partial charge in [0.15, 0.2) is 0 Å². The van der Waals surface area contributed by atoms with Crippen molar-refractivity contribution in [1.82, 2.24) is 10.6 Å². The molecule has 0 saturated carbocycles. The lowest BCUT2D eigenvalue weighted by molar-refractivity contribution is 0.253. The Kier molecular flexibility index (Phi) is 4.02. The summed E-state index contributed by atoms with van der Waals surface area (Å²) in [5.74, 6) is 0. The zero-order valence-electron chi connectivity index (χ0n) is 10.4.